The van der Waals surface area contributed by atoms with E-state index in [1.165, 1.54) is 122 Å². The minimum absolute atomic E-state index is 0. The highest BCUT2D eigenvalue weighted by atomic mass is 35.5. The van der Waals surface area contributed by atoms with Crippen molar-refractivity contribution in [1.82, 2.24) is 41.2 Å². The Balaban J connectivity index is 0.000000494. The van der Waals surface area contributed by atoms with Gasteiger partial charge in [-0.2, -0.15) is 0 Å². The number of hydrogen-bond acceptors (Lipinski definition) is 15. The summed E-state index contributed by atoms with van der Waals surface area (Å²) >= 11 is 11.4. The predicted octanol–water partition coefficient (Wildman–Crippen LogP) is 22.6. The first-order chi connectivity index (χ1) is 59.9. The van der Waals surface area contributed by atoms with Gasteiger partial charge in [0.15, 0.2) is 15.4 Å². The molecule has 8 N–H and O–H groups in total. The highest BCUT2D eigenvalue weighted by Crippen LogP contribution is 2.39. The number of likely N-dealkylation sites (tertiary alicyclic amines) is 1. The predicted molar refractivity (Wildman–Crippen MR) is 540 cm³/mol. The largest absolute Gasteiger partial charge is 0.489 e. The number of Topliss-reactive ketones (excluding diaryl/α,β-unsaturated/α-hetero) is 1. The molecule has 15 rings (SSSR count). The molecule has 1 saturated heterocycles. The molecule has 2 amide bonds. The van der Waals surface area contributed by atoms with Crippen molar-refractivity contribution in [3.8, 4) is 30.4 Å². The molecule has 0 bridgehead atoms. The monoisotopic (exact) mass is 1820 g/mol. The zero-order chi connectivity index (χ0) is 89.3. The second-order valence-electron chi connectivity index (χ2n) is 31.2. The number of likely N-dealkylation sites (N-methyl/N-ethyl adjacent to an activating group) is 1. The van der Waals surface area contributed by atoms with Crippen molar-refractivity contribution < 1.29 is 36.5 Å². The fourth-order valence-electron chi connectivity index (χ4n) is 13.2. The van der Waals surface area contributed by atoms with Crippen molar-refractivity contribution in [3.05, 3.63) is 338 Å². The van der Waals surface area contributed by atoms with Crippen LogP contribution in [0.3, 0.4) is 0 Å². The molecule has 696 valence electrons. The molecule has 2 saturated carbocycles. The van der Waals surface area contributed by atoms with Crippen LogP contribution in [0.2, 0.25) is 10.0 Å². The third-order valence-electron chi connectivity index (χ3n) is 20.9. The quantitative estimate of drug-likeness (QED) is 0.0262. The second kappa shape index (κ2) is 64.2. The molecule has 17 nitrogen and oxygen atoms in total. The van der Waals surface area contributed by atoms with E-state index in [2.05, 4.69) is 201 Å². The van der Waals surface area contributed by atoms with Crippen LogP contribution in [0.1, 0.15) is 218 Å². The van der Waals surface area contributed by atoms with Gasteiger partial charge in [0.2, 0.25) is 0 Å². The fraction of sp³-hybridized carbons (Fsp3) is 0.380. The van der Waals surface area contributed by atoms with Crippen molar-refractivity contribution in [2.75, 3.05) is 59.1 Å². The van der Waals surface area contributed by atoms with Gasteiger partial charge < -0.3 is 41.6 Å². The first kappa shape index (κ1) is 114. The van der Waals surface area contributed by atoms with E-state index in [0.29, 0.717) is 108 Å². The summed E-state index contributed by atoms with van der Waals surface area (Å²) < 4.78 is 45.8. The highest BCUT2D eigenvalue weighted by molar-refractivity contribution is 7.89. The summed E-state index contributed by atoms with van der Waals surface area (Å²) in [5.74, 6) is 6.91. The van der Waals surface area contributed by atoms with E-state index >= 15 is 0 Å². The van der Waals surface area contributed by atoms with Crippen LogP contribution in [0, 0.1) is 30.5 Å². The van der Waals surface area contributed by atoms with Gasteiger partial charge in [-0.3, -0.25) is 24.6 Å². The molecule has 0 spiro atoms. The Hall–Kier alpha value is -10.7. The van der Waals surface area contributed by atoms with E-state index in [0.717, 1.165) is 54.7 Å². The number of rotatable bonds is 27. The molecule has 129 heavy (non-hydrogen) atoms. The van der Waals surface area contributed by atoms with Crippen LogP contribution in [0.25, 0.3) is 11.0 Å². The molecule has 3 fully saturated rings. The summed E-state index contributed by atoms with van der Waals surface area (Å²) in [6, 6.07) is 83.8. The summed E-state index contributed by atoms with van der Waals surface area (Å²) in [6.07, 6.45) is 27.5. The number of nitrogens with two attached hydrogens (primary N) is 2. The molecule has 2 aromatic heterocycles. The number of ketones is 1. The average molecular weight is 1820 g/mol. The summed E-state index contributed by atoms with van der Waals surface area (Å²) in [6.45, 7) is 16.8. The van der Waals surface area contributed by atoms with Gasteiger partial charge in [-0.1, -0.05) is 286 Å². The third kappa shape index (κ3) is 45.4. The molecule has 11 aromatic rings. The van der Waals surface area contributed by atoms with Crippen molar-refractivity contribution >= 4 is 61.6 Å². The maximum atomic E-state index is 13.1. The number of aromatic nitrogens is 2. The van der Waals surface area contributed by atoms with Crippen molar-refractivity contribution in [1.29, 1.82) is 0 Å². The van der Waals surface area contributed by atoms with E-state index in [9.17, 15) is 27.2 Å². The van der Waals surface area contributed by atoms with Crippen LogP contribution in [-0.4, -0.2) is 129 Å². The number of unbranched alkanes of at least 4 members (excludes halogenated alkanes) is 1. The van der Waals surface area contributed by atoms with Crippen LogP contribution >= 0.6 is 23.2 Å². The molecule has 3 heterocycles. The number of carbonyl (C=O) groups is 3. The highest BCUT2D eigenvalue weighted by Gasteiger charge is 2.35. The van der Waals surface area contributed by atoms with E-state index in [1.807, 2.05) is 74.5 Å². The van der Waals surface area contributed by atoms with Crippen molar-refractivity contribution in [3.63, 3.8) is 0 Å². The lowest BCUT2D eigenvalue weighted by molar-refractivity contribution is -0.118. The molecule has 0 radical (unpaired) electrons. The average Bonchev–Trinajstić information content (AvgIpc) is 1.69. The number of piperidine rings is 1. The van der Waals surface area contributed by atoms with Gasteiger partial charge >= 0.3 is 0 Å². The number of ether oxygens (including phenoxy) is 1. The smallest absolute Gasteiger partial charge is 0.269 e. The molecule has 21 heteroatoms. The standard InChI is InChI=1S/C18H20FNO2.C14H19ClN2O.C13H17N.C12H13N.C10H14.C9H11ClN2O.C9H9NO3S.2C9H11N.5CH4/c1-13(14(2)21)20-11-15-6-8-18(9-7-15)22-12-16-4-3-5-17(19)10-16;15-13-6-4-12(5-7-13)14(18)16-8-11-17-9-2-1-3-10-17;1-4-10-14(3)12(2)11-13-8-6-5-7-9-13;1-2-9-13-12-8-7-10-5-3-4-6-11(10)12;1-2-3-7-10-8-5-4-6-9-10;1-2-5-11-9(13)8-4-3-7(10)6-12-8;1-14(11,12)6-8-7-4-2-3-5-9(7)13-10-8;2*10-9-6-8(9)7-4-2-1-3-5-7;;;;;/h3-10,13,20H,11-12H2,1-2H3;4-7H,1-3,8-11H2,(H,16,18);1,5-9,12H,10-11H2,2-3H3;1,3-6,12-13H,7-9H2;4-6,8-9H,2-3,7H2,1H3;3-4,6H,2,5H2,1H3,(H,11,13);2-5H,6H2,1H3;2*1-5,8-9H,6,10H2;5*1H4/t13-;;2*12-;;;;2*8-,9+;;;;;/m0.11...10...../s1. The Morgan fingerprint density at radius 3 is 1.74 bits per heavy atom. The molecular formula is C108H145Cl2FN10O7S. The number of terminal acetylenes is 2. The number of carbonyl (C=O) groups excluding carboxylic acids is 3. The lowest BCUT2D eigenvalue weighted by Crippen LogP contribution is -2.37. The third-order valence-corrected chi connectivity index (χ3v) is 22.2. The van der Waals surface area contributed by atoms with Gasteiger partial charge in [-0.25, -0.2) is 17.8 Å². The van der Waals surface area contributed by atoms with Gasteiger partial charge in [0.05, 0.1) is 29.9 Å². The van der Waals surface area contributed by atoms with Crippen LogP contribution in [-0.2, 0) is 52.8 Å². The first-order valence-corrected chi connectivity index (χ1v) is 45.7. The topological polar surface area (TPSA) is 240 Å². The number of para-hydroxylation sites is 1. The second-order valence-corrected chi connectivity index (χ2v) is 34.2. The molecule has 9 aromatic carbocycles. The number of hydrogen-bond donors (Lipinski definition) is 6. The van der Waals surface area contributed by atoms with Crippen molar-refractivity contribution in [2.24, 2.45) is 11.5 Å². The van der Waals surface area contributed by atoms with E-state index in [1.54, 1.807) is 61.5 Å². The van der Waals surface area contributed by atoms with E-state index in [-0.39, 0.29) is 72.3 Å². The Bertz CT molecular complexity index is 5030. The molecule has 3 aliphatic carbocycles. The fourth-order valence-corrected chi connectivity index (χ4v) is 14.2. The minimum Gasteiger partial charge on any atom is -0.489 e. The zero-order valence-electron chi connectivity index (χ0n) is 72.9. The molecule has 0 unspecified atom stereocenters. The van der Waals surface area contributed by atoms with Crippen LogP contribution in [0.15, 0.2) is 266 Å². The number of pyridine rings is 1. The summed E-state index contributed by atoms with van der Waals surface area (Å²) in [5, 5.41) is 17.8. The number of halogens is 3. The van der Waals surface area contributed by atoms with Crippen molar-refractivity contribution in [2.45, 2.75) is 210 Å². The lowest BCUT2D eigenvalue weighted by Gasteiger charge is -2.26. The number of fused-ring (bicyclic) bond motifs is 2. The van der Waals surface area contributed by atoms with Gasteiger partial charge in [0.1, 0.15) is 35.3 Å². The van der Waals surface area contributed by atoms with Gasteiger partial charge in [-0.15, -0.1) is 12.8 Å². The normalized spacial score (nSPS) is 15.4. The first-order valence-electron chi connectivity index (χ1n) is 42.9. The van der Waals surface area contributed by atoms with E-state index < -0.39 is 9.84 Å². The minimum atomic E-state index is -3.06. The number of benzene rings is 9. The number of amides is 2. The Kier molecular flexibility index (Phi) is 56.9. The summed E-state index contributed by atoms with van der Waals surface area (Å²) in [4.78, 5) is 42.8. The number of nitrogens with one attached hydrogen (secondary N) is 4. The van der Waals surface area contributed by atoms with Gasteiger partial charge in [0, 0.05) is 90.6 Å². The van der Waals surface area contributed by atoms with Crippen LogP contribution < -0.4 is 37.5 Å². The van der Waals surface area contributed by atoms with Crippen LogP contribution in [0.5, 0.6) is 5.75 Å². The number of sulfone groups is 1. The maximum Gasteiger partial charge on any atom is 0.269 e. The molecule has 1 aliphatic heterocycles. The molecule has 7 atom stereocenters. The van der Waals surface area contributed by atoms with Gasteiger partial charge in [0.25, 0.3) is 11.8 Å². The summed E-state index contributed by atoms with van der Waals surface area (Å²) in [7, 11) is -0.998. The maximum absolute atomic E-state index is 13.1. The van der Waals surface area contributed by atoms with E-state index in [4.69, 9.17) is 56.8 Å². The van der Waals surface area contributed by atoms with Crippen LogP contribution in [0.4, 0.5) is 4.39 Å². The number of nitrogens with zero attached hydrogens (tertiary/aromatic N) is 4. The SMILES string of the molecule is C.C.C.C.C.C#CCN(C)[C@H](C)Cc1ccccc1.C#CCN[C@@H]1CCc2ccccc21.CC(=O)[C@H](C)NCc1ccc(OCc2cccc(F)c2)cc1.CCCCc1ccccc1.CCCNC(=O)c1ccc(Cl)cn1.CS(=O)(=O)Cc1noc2ccccc12.N[C@@H]1C[C@H]1c1ccccc1.N[C@H]1C[C@@H]1c1ccccc1.O=C(NCCN1CCCCC1)c1ccc(Cl)cc1. The molecule has 4 aliphatic rings. The number of aryl methyl sites for hydroxylation is 2. The Morgan fingerprint density at radius 2 is 1.19 bits per heavy atom. The van der Waals surface area contributed by atoms with Gasteiger partial charge in [-0.05, 0) is 222 Å². The Labute approximate surface area is 783 Å². The lowest BCUT2D eigenvalue weighted by atomic mass is 10.1. The zero-order valence-corrected chi connectivity index (χ0v) is 75.3. The summed E-state index contributed by atoms with van der Waals surface area (Å²) in [5.41, 5.74) is 23.9. The Morgan fingerprint density at radius 1 is 0.643 bits per heavy atom. The molecular weight excluding hydrogens is 1670 g/mol.